The van der Waals surface area contributed by atoms with E-state index in [1.54, 1.807) is 0 Å². The van der Waals surface area contributed by atoms with Gasteiger partial charge >= 0.3 is 0 Å². The molecule has 5 heteroatoms. The monoisotopic (exact) mass is 288 g/mol. The molecule has 0 amide bonds. The minimum Gasteiger partial charge on any atom is -0.214 e. The topological polar surface area (TPSA) is 70.0 Å². The minimum absolute atomic E-state index is 0.429. The molecule has 0 radical (unpaired) electrons. The minimum atomic E-state index is -3.45. The molecule has 0 saturated carbocycles. The molecule has 19 heavy (non-hydrogen) atoms. The Morgan fingerprint density at radius 1 is 1.00 bits per heavy atom. The molecule has 0 fully saturated rings. The smallest absolute Gasteiger partial charge is 0.214 e. The summed E-state index contributed by atoms with van der Waals surface area (Å²) in [6.45, 7) is 4.62. The molecule has 0 aromatic heterocycles. The molecule has 0 aliphatic rings. The number of nitrogens with one attached hydrogen (secondary N) is 1. The Morgan fingerprint density at radius 3 is 2.16 bits per heavy atom. The number of rotatable bonds is 12. The Kier molecular flexibility index (Phi) is 10.9. The number of hydrogen-bond donors (Lipinski definition) is 1. The van der Waals surface area contributed by atoms with Gasteiger partial charge in [0.15, 0.2) is 5.25 Å². The van der Waals surface area contributed by atoms with Gasteiger partial charge in [-0.15, -0.1) is 0 Å². The number of sulfonamides is 1. The molecule has 0 saturated heterocycles. The Morgan fingerprint density at radius 2 is 1.58 bits per heavy atom. The highest BCUT2D eigenvalue weighted by molar-refractivity contribution is 7.90. The fourth-order valence-corrected chi connectivity index (χ4v) is 3.14. The van der Waals surface area contributed by atoms with Crippen molar-refractivity contribution in [3.05, 3.63) is 0 Å². The lowest BCUT2D eigenvalue weighted by atomic mass is 10.1. The third-order valence-corrected chi connectivity index (χ3v) is 4.87. The Hall–Kier alpha value is -0.600. The zero-order valence-corrected chi connectivity index (χ0v) is 13.1. The summed E-state index contributed by atoms with van der Waals surface area (Å²) in [7, 11) is -3.45. The summed E-state index contributed by atoms with van der Waals surface area (Å²) in [6, 6.07) is 1.90. The van der Waals surface area contributed by atoms with Crippen molar-refractivity contribution in [1.82, 2.24) is 4.72 Å². The summed E-state index contributed by atoms with van der Waals surface area (Å²) in [6.07, 6.45) is 8.87. The Labute approximate surface area is 118 Å². The van der Waals surface area contributed by atoms with E-state index in [0.29, 0.717) is 13.0 Å². The van der Waals surface area contributed by atoms with Gasteiger partial charge in [0, 0.05) is 6.54 Å². The van der Waals surface area contributed by atoms with E-state index in [2.05, 4.69) is 11.6 Å². The summed E-state index contributed by atoms with van der Waals surface area (Å²) in [5.41, 5.74) is 0. The predicted molar refractivity (Wildman–Crippen MR) is 79.2 cm³/mol. The molecule has 0 bridgehead atoms. The molecular formula is C14H28N2O2S. The number of nitrogens with zero attached hydrogens (tertiary/aromatic N) is 1. The normalized spacial score (nSPS) is 13.1. The van der Waals surface area contributed by atoms with Gasteiger partial charge in [-0.1, -0.05) is 58.8 Å². The fourth-order valence-electron chi connectivity index (χ4n) is 1.90. The van der Waals surface area contributed by atoms with E-state index >= 15 is 0 Å². The SMILES string of the molecule is CCCCCCCCNS(=O)(=O)C(C#N)CCCC. The van der Waals surface area contributed by atoms with Gasteiger partial charge in [0.25, 0.3) is 0 Å². The zero-order valence-electron chi connectivity index (χ0n) is 12.3. The van der Waals surface area contributed by atoms with Crippen molar-refractivity contribution in [2.45, 2.75) is 76.9 Å². The lowest BCUT2D eigenvalue weighted by molar-refractivity contribution is 0.556. The second-order valence-electron chi connectivity index (χ2n) is 4.97. The van der Waals surface area contributed by atoms with Gasteiger partial charge in [0.1, 0.15) is 0 Å². The standard InChI is InChI=1S/C14H28N2O2S/c1-3-5-7-8-9-10-12-16-19(17,18)14(13-15)11-6-4-2/h14,16H,3-12H2,1-2H3. The molecule has 0 aliphatic carbocycles. The number of nitriles is 1. The molecule has 0 aromatic carbocycles. The highest BCUT2D eigenvalue weighted by Crippen LogP contribution is 2.09. The first-order chi connectivity index (χ1) is 9.08. The Bertz CT molecular complexity index is 347. The van der Waals surface area contributed by atoms with Crippen LogP contribution >= 0.6 is 0 Å². The maximum Gasteiger partial charge on any atom is 0.227 e. The van der Waals surface area contributed by atoms with Crippen LogP contribution in [0.5, 0.6) is 0 Å². The molecule has 0 aliphatic heterocycles. The first-order valence-electron chi connectivity index (χ1n) is 7.46. The van der Waals surface area contributed by atoms with E-state index in [9.17, 15) is 8.42 Å². The van der Waals surface area contributed by atoms with Crippen LogP contribution in [0.1, 0.15) is 71.6 Å². The van der Waals surface area contributed by atoms with Crippen LogP contribution < -0.4 is 4.72 Å². The van der Waals surface area contributed by atoms with Crippen molar-refractivity contribution >= 4 is 10.0 Å². The van der Waals surface area contributed by atoms with E-state index in [-0.39, 0.29) is 0 Å². The van der Waals surface area contributed by atoms with Crippen molar-refractivity contribution < 1.29 is 8.42 Å². The van der Waals surface area contributed by atoms with Crippen molar-refractivity contribution in [2.75, 3.05) is 6.54 Å². The largest absolute Gasteiger partial charge is 0.227 e. The van der Waals surface area contributed by atoms with E-state index < -0.39 is 15.3 Å². The van der Waals surface area contributed by atoms with Crippen LogP contribution in [0.2, 0.25) is 0 Å². The molecule has 0 heterocycles. The maximum atomic E-state index is 11.9. The van der Waals surface area contributed by atoms with Gasteiger partial charge in [-0.25, -0.2) is 13.1 Å². The summed E-state index contributed by atoms with van der Waals surface area (Å²) in [5, 5.41) is 8.02. The van der Waals surface area contributed by atoms with Crippen molar-refractivity contribution in [3.8, 4) is 6.07 Å². The third-order valence-electron chi connectivity index (χ3n) is 3.17. The second-order valence-corrected chi connectivity index (χ2v) is 6.91. The number of hydrogen-bond acceptors (Lipinski definition) is 3. The first kappa shape index (κ1) is 18.4. The van der Waals surface area contributed by atoms with Gasteiger partial charge in [-0.3, -0.25) is 0 Å². The highest BCUT2D eigenvalue weighted by atomic mass is 32.2. The maximum absolute atomic E-state index is 11.9. The van der Waals surface area contributed by atoms with E-state index in [0.717, 1.165) is 32.1 Å². The summed E-state index contributed by atoms with van der Waals surface area (Å²) >= 11 is 0. The quantitative estimate of drug-likeness (QED) is 0.560. The van der Waals surface area contributed by atoms with Crippen LogP contribution in [-0.2, 0) is 10.0 Å². The van der Waals surface area contributed by atoms with Crippen molar-refractivity contribution in [3.63, 3.8) is 0 Å². The lowest BCUT2D eigenvalue weighted by Crippen LogP contribution is -2.34. The summed E-state index contributed by atoms with van der Waals surface area (Å²) in [5.74, 6) is 0. The van der Waals surface area contributed by atoms with E-state index in [4.69, 9.17) is 5.26 Å². The molecule has 1 unspecified atom stereocenters. The van der Waals surface area contributed by atoms with Crippen LogP contribution in [0, 0.1) is 11.3 Å². The molecule has 0 spiro atoms. The summed E-state index contributed by atoms with van der Waals surface area (Å²) < 4.78 is 26.3. The van der Waals surface area contributed by atoms with Crippen molar-refractivity contribution in [1.29, 1.82) is 5.26 Å². The average molecular weight is 288 g/mol. The van der Waals surface area contributed by atoms with Gasteiger partial charge in [-0.2, -0.15) is 5.26 Å². The molecule has 112 valence electrons. The third kappa shape index (κ3) is 9.01. The number of unbranched alkanes of at least 4 members (excludes halogenated alkanes) is 6. The molecule has 0 rings (SSSR count). The molecule has 4 nitrogen and oxygen atoms in total. The predicted octanol–water partition coefficient (Wildman–Crippen LogP) is 3.35. The first-order valence-corrected chi connectivity index (χ1v) is 9.01. The van der Waals surface area contributed by atoms with Crippen LogP contribution in [0.3, 0.4) is 0 Å². The lowest BCUT2D eigenvalue weighted by Gasteiger charge is -2.11. The van der Waals surface area contributed by atoms with E-state index in [1.165, 1.54) is 19.3 Å². The molecular weight excluding hydrogens is 260 g/mol. The van der Waals surface area contributed by atoms with E-state index in [1.807, 2.05) is 13.0 Å². The van der Waals surface area contributed by atoms with Gasteiger partial charge in [0.05, 0.1) is 6.07 Å². The van der Waals surface area contributed by atoms with Crippen LogP contribution in [0.4, 0.5) is 0 Å². The van der Waals surface area contributed by atoms with Crippen molar-refractivity contribution in [2.24, 2.45) is 0 Å². The second kappa shape index (κ2) is 11.2. The average Bonchev–Trinajstić information content (AvgIpc) is 2.38. The van der Waals surface area contributed by atoms with Gasteiger partial charge in [-0.05, 0) is 12.8 Å². The molecule has 0 aromatic rings. The summed E-state index contributed by atoms with van der Waals surface area (Å²) in [4.78, 5) is 0. The van der Waals surface area contributed by atoms with Gasteiger partial charge in [0.2, 0.25) is 10.0 Å². The highest BCUT2D eigenvalue weighted by Gasteiger charge is 2.23. The molecule has 1 atom stereocenters. The molecule has 1 N–H and O–H groups in total. The van der Waals surface area contributed by atoms with Crippen LogP contribution in [0.15, 0.2) is 0 Å². The zero-order chi connectivity index (χ0) is 14.6. The van der Waals surface area contributed by atoms with Crippen LogP contribution in [-0.4, -0.2) is 20.2 Å². The fraction of sp³-hybridized carbons (Fsp3) is 0.929. The van der Waals surface area contributed by atoms with Gasteiger partial charge < -0.3 is 0 Å². The van der Waals surface area contributed by atoms with Crippen LogP contribution in [0.25, 0.3) is 0 Å². The Balaban J connectivity index is 3.86.